The van der Waals surface area contributed by atoms with E-state index >= 15 is 0 Å². The van der Waals surface area contributed by atoms with Gasteiger partial charge in [0.25, 0.3) is 0 Å². The number of rotatable bonds is 6. The SMILES string of the molecule is CC1c2ncc(COCC3CC3)n2CCN1Cc1ccoc1. The molecule has 1 aliphatic heterocycles. The van der Waals surface area contributed by atoms with E-state index in [1.54, 1.807) is 6.26 Å². The van der Waals surface area contributed by atoms with Gasteiger partial charge in [0.1, 0.15) is 5.82 Å². The molecular formula is C17H23N3O2. The van der Waals surface area contributed by atoms with Gasteiger partial charge in [-0.3, -0.25) is 4.90 Å². The van der Waals surface area contributed by atoms with Crippen LogP contribution in [0.4, 0.5) is 0 Å². The summed E-state index contributed by atoms with van der Waals surface area (Å²) >= 11 is 0. The second-order valence-corrected chi connectivity index (χ2v) is 6.50. The second kappa shape index (κ2) is 5.89. The molecule has 1 atom stereocenters. The zero-order valence-corrected chi connectivity index (χ0v) is 13.1. The standard InChI is InChI=1S/C17H23N3O2/c1-13-17-18-8-16(12-22-10-14-2-3-14)20(17)6-5-19(13)9-15-4-7-21-11-15/h4,7-8,11,13-14H,2-3,5-6,9-10,12H2,1H3. The summed E-state index contributed by atoms with van der Waals surface area (Å²) in [6.45, 7) is 6.76. The highest BCUT2D eigenvalue weighted by Gasteiger charge is 2.27. The van der Waals surface area contributed by atoms with E-state index in [1.165, 1.54) is 24.1 Å². The van der Waals surface area contributed by atoms with Gasteiger partial charge in [0.05, 0.1) is 37.1 Å². The van der Waals surface area contributed by atoms with E-state index in [0.717, 1.165) is 38.0 Å². The van der Waals surface area contributed by atoms with Gasteiger partial charge in [0.15, 0.2) is 0 Å². The number of aromatic nitrogens is 2. The normalized spacial score (nSPS) is 22.0. The average molecular weight is 301 g/mol. The highest BCUT2D eigenvalue weighted by atomic mass is 16.5. The summed E-state index contributed by atoms with van der Waals surface area (Å²) in [6, 6.07) is 2.35. The third-order valence-electron chi connectivity index (χ3n) is 4.77. The molecule has 2 aromatic rings. The molecule has 0 spiro atoms. The minimum atomic E-state index is 0.320. The van der Waals surface area contributed by atoms with Crippen LogP contribution >= 0.6 is 0 Å². The Kier molecular flexibility index (Phi) is 3.76. The highest BCUT2D eigenvalue weighted by Crippen LogP contribution is 2.30. The first-order valence-corrected chi connectivity index (χ1v) is 8.18. The fraction of sp³-hybridized carbons (Fsp3) is 0.588. The van der Waals surface area contributed by atoms with Crippen LogP contribution in [0, 0.1) is 5.92 Å². The second-order valence-electron chi connectivity index (χ2n) is 6.50. The third kappa shape index (κ3) is 2.83. The van der Waals surface area contributed by atoms with E-state index in [4.69, 9.17) is 9.15 Å². The molecule has 1 saturated carbocycles. The molecule has 1 unspecified atom stereocenters. The number of nitrogens with zero attached hydrogens (tertiary/aromatic N) is 3. The number of imidazole rings is 1. The Morgan fingerprint density at radius 2 is 2.27 bits per heavy atom. The zero-order valence-electron chi connectivity index (χ0n) is 13.1. The molecular weight excluding hydrogens is 278 g/mol. The van der Waals surface area contributed by atoms with Gasteiger partial charge in [-0.15, -0.1) is 0 Å². The van der Waals surface area contributed by atoms with Crippen molar-refractivity contribution in [1.29, 1.82) is 0 Å². The lowest BCUT2D eigenvalue weighted by Crippen LogP contribution is -2.37. The van der Waals surface area contributed by atoms with E-state index in [2.05, 4.69) is 21.4 Å². The Morgan fingerprint density at radius 1 is 1.36 bits per heavy atom. The van der Waals surface area contributed by atoms with Crippen molar-refractivity contribution in [1.82, 2.24) is 14.5 Å². The molecule has 0 amide bonds. The zero-order chi connectivity index (χ0) is 14.9. The lowest BCUT2D eigenvalue weighted by molar-refractivity contribution is 0.101. The number of fused-ring (bicyclic) bond motifs is 1. The molecule has 0 bridgehead atoms. The van der Waals surface area contributed by atoms with Gasteiger partial charge in [-0.05, 0) is 31.7 Å². The Bertz CT molecular complexity index is 616. The maximum Gasteiger partial charge on any atom is 0.126 e. The van der Waals surface area contributed by atoms with Gasteiger partial charge >= 0.3 is 0 Å². The highest BCUT2D eigenvalue weighted by molar-refractivity contribution is 5.12. The van der Waals surface area contributed by atoms with Crippen molar-refractivity contribution < 1.29 is 9.15 Å². The Hall–Kier alpha value is -1.59. The summed E-state index contributed by atoms with van der Waals surface area (Å²) < 4.78 is 13.3. The first-order chi connectivity index (χ1) is 10.8. The summed E-state index contributed by atoms with van der Waals surface area (Å²) in [7, 11) is 0. The molecule has 118 valence electrons. The van der Waals surface area contributed by atoms with Crippen LogP contribution in [0.1, 0.15) is 42.9 Å². The topological polar surface area (TPSA) is 43.4 Å². The lowest BCUT2D eigenvalue weighted by Gasteiger charge is -2.34. The number of hydrogen-bond acceptors (Lipinski definition) is 4. The largest absolute Gasteiger partial charge is 0.472 e. The molecule has 0 N–H and O–H groups in total. The van der Waals surface area contributed by atoms with Gasteiger partial charge in [-0.1, -0.05) is 0 Å². The van der Waals surface area contributed by atoms with E-state index in [9.17, 15) is 0 Å². The summed E-state index contributed by atoms with van der Waals surface area (Å²) in [5.74, 6) is 1.97. The minimum Gasteiger partial charge on any atom is -0.472 e. The minimum absolute atomic E-state index is 0.320. The molecule has 22 heavy (non-hydrogen) atoms. The fourth-order valence-corrected chi connectivity index (χ4v) is 3.17. The first kappa shape index (κ1) is 14.0. The molecule has 1 fully saturated rings. The molecule has 1 aliphatic carbocycles. The van der Waals surface area contributed by atoms with Crippen LogP contribution in [0.5, 0.6) is 0 Å². The average Bonchev–Trinajstić information content (AvgIpc) is 3.03. The van der Waals surface area contributed by atoms with Crippen molar-refractivity contribution in [3.05, 3.63) is 41.9 Å². The van der Waals surface area contributed by atoms with Crippen LogP contribution < -0.4 is 0 Å². The monoisotopic (exact) mass is 301 g/mol. The van der Waals surface area contributed by atoms with Gasteiger partial charge in [0, 0.05) is 31.8 Å². The summed E-state index contributed by atoms with van der Waals surface area (Å²) in [5.41, 5.74) is 2.44. The van der Waals surface area contributed by atoms with Crippen LogP contribution in [0.2, 0.25) is 0 Å². The number of ether oxygens (including phenoxy) is 1. The van der Waals surface area contributed by atoms with Crippen molar-refractivity contribution >= 4 is 0 Å². The number of furan rings is 1. The number of hydrogen-bond donors (Lipinski definition) is 0. The Labute approximate surface area is 130 Å². The van der Waals surface area contributed by atoms with Crippen LogP contribution in [-0.4, -0.2) is 27.6 Å². The van der Waals surface area contributed by atoms with E-state index < -0.39 is 0 Å². The lowest BCUT2D eigenvalue weighted by atomic mass is 10.2. The quantitative estimate of drug-likeness (QED) is 0.822. The molecule has 5 nitrogen and oxygen atoms in total. The molecule has 3 heterocycles. The van der Waals surface area contributed by atoms with Gasteiger partial charge < -0.3 is 13.7 Å². The van der Waals surface area contributed by atoms with E-state index in [1.807, 2.05) is 18.5 Å². The van der Waals surface area contributed by atoms with Crippen molar-refractivity contribution in [3.63, 3.8) is 0 Å². The predicted octanol–water partition coefficient (Wildman–Crippen LogP) is 2.98. The maximum atomic E-state index is 5.83. The Balaban J connectivity index is 1.42. The smallest absolute Gasteiger partial charge is 0.126 e. The van der Waals surface area contributed by atoms with Crippen LogP contribution in [0.3, 0.4) is 0 Å². The Morgan fingerprint density at radius 3 is 3.05 bits per heavy atom. The molecule has 2 aromatic heterocycles. The fourth-order valence-electron chi connectivity index (χ4n) is 3.17. The van der Waals surface area contributed by atoms with Crippen molar-refractivity contribution in [2.45, 2.75) is 45.5 Å². The van der Waals surface area contributed by atoms with Crippen LogP contribution in [0.15, 0.2) is 29.2 Å². The van der Waals surface area contributed by atoms with Gasteiger partial charge in [-0.2, -0.15) is 0 Å². The summed E-state index contributed by atoms with van der Waals surface area (Å²) in [6.07, 6.45) is 8.22. The molecule has 0 aromatic carbocycles. The van der Waals surface area contributed by atoms with E-state index in [-0.39, 0.29) is 0 Å². The van der Waals surface area contributed by atoms with Crippen LogP contribution in [-0.2, 0) is 24.4 Å². The van der Waals surface area contributed by atoms with Crippen molar-refractivity contribution in [2.75, 3.05) is 13.2 Å². The predicted molar refractivity (Wildman–Crippen MR) is 82.1 cm³/mol. The maximum absolute atomic E-state index is 5.83. The van der Waals surface area contributed by atoms with E-state index in [0.29, 0.717) is 12.6 Å². The van der Waals surface area contributed by atoms with Crippen LogP contribution in [0.25, 0.3) is 0 Å². The molecule has 4 rings (SSSR count). The third-order valence-corrected chi connectivity index (χ3v) is 4.77. The van der Waals surface area contributed by atoms with Crippen molar-refractivity contribution in [2.24, 2.45) is 5.92 Å². The first-order valence-electron chi connectivity index (χ1n) is 8.18. The molecule has 0 saturated heterocycles. The van der Waals surface area contributed by atoms with Gasteiger partial charge in [0.2, 0.25) is 0 Å². The molecule has 0 radical (unpaired) electrons. The summed E-state index contributed by atoms with van der Waals surface area (Å²) in [4.78, 5) is 7.09. The van der Waals surface area contributed by atoms with Crippen molar-refractivity contribution in [3.8, 4) is 0 Å². The van der Waals surface area contributed by atoms with Gasteiger partial charge in [-0.25, -0.2) is 4.98 Å². The molecule has 5 heteroatoms. The molecule has 2 aliphatic rings. The summed E-state index contributed by atoms with van der Waals surface area (Å²) in [5, 5.41) is 0.